The molecule has 0 aliphatic rings. The van der Waals surface area contributed by atoms with Crippen molar-refractivity contribution in [3.05, 3.63) is 34.3 Å². The van der Waals surface area contributed by atoms with Gasteiger partial charge < -0.3 is 5.11 Å². The molecule has 0 fully saturated rings. The Kier molecular flexibility index (Phi) is 3.80. The second-order valence-electron chi connectivity index (χ2n) is 4.57. The van der Waals surface area contributed by atoms with Crippen LogP contribution in [0.1, 0.15) is 40.7 Å². The van der Waals surface area contributed by atoms with Crippen LogP contribution in [0.4, 0.5) is 5.13 Å². The van der Waals surface area contributed by atoms with Gasteiger partial charge in [0.05, 0.1) is 5.56 Å². The van der Waals surface area contributed by atoms with Crippen molar-refractivity contribution >= 4 is 22.4 Å². The molecule has 2 aromatic rings. The molecule has 2 rings (SSSR count). The Balaban J connectivity index is 2.18. The first-order valence-electron chi connectivity index (χ1n) is 5.91. The van der Waals surface area contributed by atoms with E-state index in [0.717, 1.165) is 10.6 Å². The molecule has 5 nitrogen and oxygen atoms in total. The van der Waals surface area contributed by atoms with Gasteiger partial charge in [-0.05, 0) is 19.1 Å². The first-order chi connectivity index (χ1) is 8.97. The molecule has 0 radical (unpaired) electrons. The molecule has 0 atom stereocenters. The molecule has 0 saturated carbocycles. The van der Waals surface area contributed by atoms with Crippen LogP contribution in [0.2, 0.25) is 0 Å². The molecular formula is C13H15N3O2S. The van der Waals surface area contributed by atoms with Crippen LogP contribution in [-0.2, 0) is 0 Å². The summed E-state index contributed by atoms with van der Waals surface area (Å²) in [5, 5.41) is 21.5. The van der Waals surface area contributed by atoms with E-state index in [4.69, 9.17) is 0 Å². The van der Waals surface area contributed by atoms with E-state index in [1.54, 1.807) is 12.1 Å². The zero-order valence-electron chi connectivity index (χ0n) is 11.0. The van der Waals surface area contributed by atoms with Gasteiger partial charge in [0.2, 0.25) is 5.13 Å². The standard InChI is InChI=1S/C13H15N3O2S/c1-7(2)12-15-16-13(19-12)14-11(18)9-6-8(3)4-5-10(9)17/h4-7,17H,1-3H3,(H,14,16,18). The second kappa shape index (κ2) is 5.36. The summed E-state index contributed by atoms with van der Waals surface area (Å²) < 4.78 is 0. The first-order valence-corrected chi connectivity index (χ1v) is 6.73. The van der Waals surface area contributed by atoms with Gasteiger partial charge in [-0.1, -0.05) is 36.8 Å². The third-order valence-corrected chi connectivity index (χ3v) is 3.69. The predicted molar refractivity (Wildman–Crippen MR) is 74.8 cm³/mol. The predicted octanol–water partition coefficient (Wildman–Crippen LogP) is 2.93. The molecule has 0 spiro atoms. The zero-order valence-corrected chi connectivity index (χ0v) is 11.8. The molecule has 1 heterocycles. The van der Waals surface area contributed by atoms with E-state index in [-0.39, 0.29) is 23.1 Å². The molecule has 1 aromatic heterocycles. The van der Waals surface area contributed by atoms with Crippen LogP contribution in [0.15, 0.2) is 18.2 Å². The molecule has 6 heteroatoms. The second-order valence-corrected chi connectivity index (χ2v) is 5.58. The summed E-state index contributed by atoms with van der Waals surface area (Å²) in [4.78, 5) is 12.0. The first kappa shape index (κ1) is 13.5. The Bertz CT molecular complexity index is 608. The summed E-state index contributed by atoms with van der Waals surface area (Å²) in [5.74, 6) is -0.153. The van der Waals surface area contributed by atoms with Gasteiger partial charge in [-0.3, -0.25) is 10.1 Å². The summed E-state index contributed by atoms with van der Waals surface area (Å²) in [5.41, 5.74) is 1.14. The Morgan fingerprint density at radius 1 is 1.37 bits per heavy atom. The topological polar surface area (TPSA) is 75.1 Å². The van der Waals surface area contributed by atoms with Gasteiger partial charge in [-0.25, -0.2) is 0 Å². The number of aromatic nitrogens is 2. The van der Waals surface area contributed by atoms with E-state index in [2.05, 4.69) is 15.5 Å². The van der Waals surface area contributed by atoms with E-state index in [1.807, 2.05) is 20.8 Å². The van der Waals surface area contributed by atoms with Crippen molar-refractivity contribution in [3.8, 4) is 5.75 Å². The molecule has 19 heavy (non-hydrogen) atoms. The molecule has 1 aromatic carbocycles. The summed E-state index contributed by atoms with van der Waals surface area (Å²) >= 11 is 1.34. The Hall–Kier alpha value is -1.95. The molecule has 100 valence electrons. The number of carbonyl (C=O) groups is 1. The number of nitrogens with one attached hydrogen (secondary N) is 1. The number of benzene rings is 1. The van der Waals surface area contributed by atoms with Gasteiger partial charge in [0, 0.05) is 5.92 Å². The van der Waals surface area contributed by atoms with Crippen LogP contribution in [-0.4, -0.2) is 21.2 Å². The normalized spacial score (nSPS) is 10.7. The molecule has 0 aliphatic carbocycles. The van der Waals surface area contributed by atoms with Crippen molar-refractivity contribution in [2.45, 2.75) is 26.7 Å². The van der Waals surface area contributed by atoms with Crippen LogP contribution in [0.3, 0.4) is 0 Å². The molecule has 0 aliphatic heterocycles. The van der Waals surface area contributed by atoms with Crippen LogP contribution in [0, 0.1) is 6.92 Å². The lowest BCUT2D eigenvalue weighted by Gasteiger charge is -2.04. The van der Waals surface area contributed by atoms with Crippen LogP contribution < -0.4 is 5.32 Å². The van der Waals surface area contributed by atoms with E-state index in [0.29, 0.717) is 5.13 Å². The van der Waals surface area contributed by atoms with Crippen molar-refractivity contribution in [2.75, 3.05) is 5.32 Å². The number of rotatable bonds is 3. The van der Waals surface area contributed by atoms with Gasteiger partial charge in [0.1, 0.15) is 10.8 Å². The van der Waals surface area contributed by atoms with Gasteiger partial charge >= 0.3 is 0 Å². The fraction of sp³-hybridized carbons (Fsp3) is 0.308. The highest BCUT2D eigenvalue weighted by Gasteiger charge is 2.14. The number of aromatic hydroxyl groups is 1. The van der Waals surface area contributed by atoms with E-state index in [1.165, 1.54) is 17.4 Å². The lowest BCUT2D eigenvalue weighted by molar-refractivity contribution is 0.102. The number of nitrogens with zero attached hydrogens (tertiary/aromatic N) is 2. The maximum atomic E-state index is 12.0. The van der Waals surface area contributed by atoms with Crippen LogP contribution in [0.5, 0.6) is 5.75 Å². The van der Waals surface area contributed by atoms with E-state index < -0.39 is 0 Å². The highest BCUT2D eigenvalue weighted by molar-refractivity contribution is 7.15. The minimum atomic E-state index is -0.382. The SMILES string of the molecule is Cc1ccc(O)c(C(=O)Nc2nnc(C(C)C)s2)c1. The van der Waals surface area contributed by atoms with Crippen molar-refractivity contribution in [3.63, 3.8) is 0 Å². The third-order valence-electron chi connectivity index (χ3n) is 2.55. The molecular weight excluding hydrogens is 262 g/mol. The van der Waals surface area contributed by atoms with Crippen molar-refractivity contribution in [2.24, 2.45) is 0 Å². The van der Waals surface area contributed by atoms with Gasteiger partial charge in [0.15, 0.2) is 0 Å². The highest BCUT2D eigenvalue weighted by Crippen LogP contribution is 2.24. The number of aryl methyl sites for hydroxylation is 1. The summed E-state index contributed by atoms with van der Waals surface area (Å²) in [6.45, 7) is 5.88. The number of amides is 1. The zero-order chi connectivity index (χ0) is 14.0. The summed E-state index contributed by atoms with van der Waals surface area (Å²) in [7, 11) is 0. The smallest absolute Gasteiger partial charge is 0.261 e. The Morgan fingerprint density at radius 3 is 2.74 bits per heavy atom. The van der Waals surface area contributed by atoms with Crippen molar-refractivity contribution in [1.82, 2.24) is 10.2 Å². The highest BCUT2D eigenvalue weighted by atomic mass is 32.1. The lowest BCUT2D eigenvalue weighted by atomic mass is 10.1. The van der Waals surface area contributed by atoms with Crippen molar-refractivity contribution < 1.29 is 9.90 Å². The average molecular weight is 277 g/mol. The number of phenolic OH excluding ortho intramolecular Hbond substituents is 1. The molecule has 2 N–H and O–H groups in total. The molecule has 0 unspecified atom stereocenters. The minimum Gasteiger partial charge on any atom is -0.507 e. The maximum absolute atomic E-state index is 12.0. The third kappa shape index (κ3) is 3.08. The quantitative estimate of drug-likeness (QED) is 0.904. The average Bonchev–Trinajstić information content (AvgIpc) is 2.80. The molecule has 1 amide bonds. The fourth-order valence-corrected chi connectivity index (χ4v) is 2.26. The Morgan fingerprint density at radius 2 is 2.11 bits per heavy atom. The number of anilines is 1. The van der Waals surface area contributed by atoms with Gasteiger partial charge in [-0.2, -0.15) is 0 Å². The monoisotopic (exact) mass is 277 g/mol. The molecule has 0 bridgehead atoms. The van der Waals surface area contributed by atoms with Crippen molar-refractivity contribution in [1.29, 1.82) is 0 Å². The molecule has 0 saturated heterocycles. The minimum absolute atomic E-state index is 0.0447. The van der Waals surface area contributed by atoms with Gasteiger partial charge in [0.25, 0.3) is 5.91 Å². The van der Waals surface area contributed by atoms with E-state index >= 15 is 0 Å². The van der Waals surface area contributed by atoms with Crippen LogP contribution >= 0.6 is 11.3 Å². The lowest BCUT2D eigenvalue weighted by Crippen LogP contribution is -2.12. The Labute approximate surface area is 115 Å². The largest absolute Gasteiger partial charge is 0.507 e. The number of phenols is 1. The summed E-state index contributed by atoms with van der Waals surface area (Å²) in [6.07, 6.45) is 0. The number of hydrogen-bond acceptors (Lipinski definition) is 5. The number of hydrogen-bond donors (Lipinski definition) is 2. The van der Waals surface area contributed by atoms with Crippen LogP contribution in [0.25, 0.3) is 0 Å². The maximum Gasteiger partial charge on any atom is 0.261 e. The number of carbonyl (C=O) groups excluding carboxylic acids is 1. The summed E-state index contributed by atoms with van der Waals surface area (Å²) in [6, 6.07) is 4.88. The van der Waals surface area contributed by atoms with E-state index in [9.17, 15) is 9.90 Å². The van der Waals surface area contributed by atoms with Gasteiger partial charge in [-0.15, -0.1) is 10.2 Å². The fourth-order valence-electron chi connectivity index (χ4n) is 1.51.